The molecule has 0 aromatic carbocycles. The monoisotopic (exact) mass is 602 g/mol. The second-order valence-corrected chi connectivity index (χ2v) is 10.0. The van der Waals surface area contributed by atoms with Gasteiger partial charge in [0.1, 0.15) is 33.6 Å². The van der Waals surface area contributed by atoms with Crippen LogP contribution in [0, 0.1) is 0 Å². The highest BCUT2D eigenvalue weighted by atomic mass is 31.2. The Hall–Kier alpha value is -2.04. The molecule has 0 saturated carbocycles. The van der Waals surface area contributed by atoms with Gasteiger partial charge in [-0.1, -0.05) is 0 Å². The molecule has 0 spiro atoms. The van der Waals surface area contributed by atoms with Crippen LogP contribution in [-0.4, -0.2) is 124 Å². The smallest absolute Gasteiger partial charge is 0.409 e. The average molecular weight is 603 g/mol. The van der Waals surface area contributed by atoms with Crippen LogP contribution in [0.15, 0.2) is 0 Å². The number of unbranched alkanes of at least 4 members (excludes halogenated alkanes) is 1. The van der Waals surface area contributed by atoms with Gasteiger partial charge in [0.15, 0.2) is 0 Å². The maximum absolute atomic E-state index is 12.0. The van der Waals surface area contributed by atoms with Gasteiger partial charge in [0.2, 0.25) is 5.91 Å². The van der Waals surface area contributed by atoms with Crippen molar-refractivity contribution in [2.75, 3.05) is 100 Å². The van der Waals surface area contributed by atoms with Gasteiger partial charge in [-0.2, -0.15) is 0 Å². The predicted octanol–water partition coefficient (Wildman–Crippen LogP) is -0.0161. The largest absolute Gasteiger partial charge is 0.779 e. The molecule has 0 heterocycles. The molecule has 0 radical (unpaired) electrons. The Labute approximate surface area is 235 Å². The van der Waals surface area contributed by atoms with Crippen molar-refractivity contribution in [3.05, 3.63) is 0 Å². The highest BCUT2D eigenvalue weighted by Crippen LogP contribution is 2.30. The Kier molecular flexibility index (Phi) is 24.6. The summed E-state index contributed by atoms with van der Waals surface area (Å²) in [7, 11) is -0.648. The molecule has 0 rings (SSSR count). The molecule has 0 aromatic heterocycles. The zero-order valence-electron chi connectivity index (χ0n) is 23.6. The lowest BCUT2D eigenvalue weighted by Crippen LogP contribution is -2.35. The van der Waals surface area contributed by atoms with Crippen LogP contribution < -0.4 is 20.8 Å². The predicted molar refractivity (Wildman–Crippen MR) is 140 cm³/mol. The van der Waals surface area contributed by atoms with E-state index in [1.54, 1.807) is 7.11 Å². The normalized spacial score (nSPS) is 13.2. The van der Waals surface area contributed by atoms with E-state index in [1.807, 2.05) is 0 Å². The molecule has 236 valence electrons. The summed E-state index contributed by atoms with van der Waals surface area (Å²) in [6.07, 6.45) is -0.606. The van der Waals surface area contributed by atoms with E-state index in [1.165, 1.54) is 7.11 Å². The molecule has 16 nitrogen and oxygen atoms in total. The van der Waals surface area contributed by atoms with E-state index < -0.39 is 25.9 Å². The zero-order chi connectivity index (χ0) is 29.9. The van der Waals surface area contributed by atoms with Crippen molar-refractivity contribution in [1.82, 2.24) is 16.0 Å². The molecule has 0 fully saturated rings. The maximum Gasteiger partial charge on any atom is 0.409 e. The van der Waals surface area contributed by atoms with Crippen molar-refractivity contribution in [1.29, 1.82) is 0 Å². The SMILES string of the molecule is COCCOCCNC(=O)OCC(COC(=O)NCOCCOC)OCCCC(=O)NCCCCOP(C)(=O)[O-]. The summed E-state index contributed by atoms with van der Waals surface area (Å²) in [5.74, 6) is -0.196. The zero-order valence-corrected chi connectivity index (χ0v) is 24.5. The number of hydrogen-bond donors (Lipinski definition) is 3. The number of ether oxygens (including phenoxy) is 7. The average Bonchev–Trinajstić information content (AvgIpc) is 2.90. The Bertz CT molecular complexity index is 712. The molecule has 0 bridgehead atoms. The van der Waals surface area contributed by atoms with Crippen molar-refractivity contribution in [2.24, 2.45) is 0 Å². The van der Waals surface area contributed by atoms with E-state index in [2.05, 4.69) is 20.5 Å². The lowest BCUT2D eigenvalue weighted by molar-refractivity contribution is -0.196. The minimum absolute atomic E-state index is 0.0702. The highest BCUT2D eigenvalue weighted by Gasteiger charge is 2.16. The fourth-order valence-corrected chi connectivity index (χ4v) is 3.09. The summed E-state index contributed by atoms with van der Waals surface area (Å²) in [6, 6.07) is 0. The third kappa shape index (κ3) is 27.5. The van der Waals surface area contributed by atoms with Gasteiger partial charge < -0.3 is 57.8 Å². The van der Waals surface area contributed by atoms with Gasteiger partial charge in [0.25, 0.3) is 0 Å². The van der Waals surface area contributed by atoms with Crippen LogP contribution in [0.25, 0.3) is 0 Å². The summed E-state index contributed by atoms with van der Waals surface area (Å²) in [6.45, 7) is 3.17. The number of carbonyl (C=O) groups is 3. The summed E-state index contributed by atoms with van der Waals surface area (Å²) < 4.78 is 51.6. The quantitative estimate of drug-likeness (QED) is 0.0678. The molecule has 40 heavy (non-hydrogen) atoms. The van der Waals surface area contributed by atoms with Crippen LogP contribution >= 0.6 is 7.60 Å². The fourth-order valence-electron chi connectivity index (χ4n) is 2.63. The topological polar surface area (TPSA) is 201 Å². The van der Waals surface area contributed by atoms with E-state index in [4.69, 9.17) is 33.2 Å². The Morgan fingerprint density at radius 3 is 2.05 bits per heavy atom. The lowest BCUT2D eigenvalue weighted by atomic mass is 10.3. The van der Waals surface area contributed by atoms with Gasteiger partial charge in [-0.25, -0.2) is 9.59 Å². The summed E-state index contributed by atoms with van der Waals surface area (Å²) in [5.41, 5.74) is 0. The third-order valence-electron chi connectivity index (χ3n) is 4.62. The summed E-state index contributed by atoms with van der Waals surface area (Å²) >= 11 is 0. The van der Waals surface area contributed by atoms with E-state index in [9.17, 15) is 23.8 Å². The van der Waals surface area contributed by atoms with Crippen molar-refractivity contribution < 1.29 is 61.5 Å². The number of hydrogen-bond acceptors (Lipinski definition) is 13. The first-order valence-electron chi connectivity index (χ1n) is 12.9. The molecule has 0 saturated heterocycles. The second kappa shape index (κ2) is 25.9. The molecule has 0 aliphatic heterocycles. The van der Waals surface area contributed by atoms with Gasteiger partial charge in [0.05, 0.1) is 39.6 Å². The van der Waals surface area contributed by atoms with Gasteiger partial charge in [-0.15, -0.1) is 0 Å². The molecular weight excluding hydrogens is 557 g/mol. The van der Waals surface area contributed by atoms with Crippen molar-refractivity contribution >= 4 is 25.7 Å². The highest BCUT2D eigenvalue weighted by molar-refractivity contribution is 7.50. The molecule has 0 aliphatic rings. The lowest BCUT2D eigenvalue weighted by Gasteiger charge is -2.18. The van der Waals surface area contributed by atoms with Crippen LogP contribution in [0.5, 0.6) is 0 Å². The molecule has 3 amide bonds. The Morgan fingerprint density at radius 1 is 0.750 bits per heavy atom. The van der Waals surface area contributed by atoms with Crippen LogP contribution in [0.4, 0.5) is 9.59 Å². The first kappa shape index (κ1) is 38.0. The molecule has 2 atom stereocenters. The minimum atomic E-state index is -3.73. The number of nitrogens with one attached hydrogen (secondary N) is 3. The first-order valence-corrected chi connectivity index (χ1v) is 14.9. The van der Waals surface area contributed by atoms with Crippen LogP contribution in [0.1, 0.15) is 25.7 Å². The van der Waals surface area contributed by atoms with Crippen LogP contribution in [-0.2, 0) is 47.0 Å². The number of amides is 3. The third-order valence-corrected chi connectivity index (χ3v) is 5.27. The second-order valence-electron chi connectivity index (χ2n) is 8.21. The van der Waals surface area contributed by atoms with Crippen molar-refractivity contribution in [3.8, 4) is 0 Å². The van der Waals surface area contributed by atoms with Gasteiger partial charge in [0, 0.05) is 47.0 Å². The van der Waals surface area contributed by atoms with E-state index in [0.717, 1.165) is 6.66 Å². The number of carbonyl (C=O) groups excluding carboxylic acids is 3. The molecule has 17 heteroatoms. The first-order chi connectivity index (χ1) is 19.2. The molecule has 3 N–H and O–H groups in total. The standard InChI is InChI=1S/C23H46N3O13P/c1-32-13-15-34-12-9-25-22(28)37-17-20(18-38-23(29)26-19-35-16-14-33-2)36-10-6-7-21(27)24-8-4-5-11-39-40(3,30)31/h20H,4-19H2,1-3H3,(H,24,27)(H,25,28)(H,26,29)(H,30,31)/p-1. The molecule has 0 aliphatic carbocycles. The summed E-state index contributed by atoms with van der Waals surface area (Å²) in [5, 5.41) is 7.66. The summed E-state index contributed by atoms with van der Waals surface area (Å²) in [4.78, 5) is 46.7. The van der Waals surface area contributed by atoms with Crippen LogP contribution in [0.3, 0.4) is 0 Å². The maximum atomic E-state index is 12.0. The van der Waals surface area contributed by atoms with Crippen molar-refractivity contribution in [3.63, 3.8) is 0 Å². The molecule has 0 aromatic rings. The number of methoxy groups -OCH3 is 2. The van der Waals surface area contributed by atoms with E-state index in [-0.39, 0.29) is 58.6 Å². The van der Waals surface area contributed by atoms with E-state index >= 15 is 0 Å². The Morgan fingerprint density at radius 2 is 1.40 bits per heavy atom. The molecule has 2 unspecified atom stereocenters. The molecular formula is C23H45N3O13P-. The van der Waals surface area contributed by atoms with E-state index in [0.29, 0.717) is 52.2 Å². The number of rotatable bonds is 26. The Balaban J connectivity index is 4.31. The van der Waals surface area contributed by atoms with Gasteiger partial charge in [-0.05, 0) is 19.3 Å². The number of alkyl carbamates (subject to hydrolysis) is 2. The van der Waals surface area contributed by atoms with Crippen LogP contribution in [0.2, 0.25) is 0 Å². The van der Waals surface area contributed by atoms with Crippen molar-refractivity contribution in [2.45, 2.75) is 31.8 Å². The fraction of sp³-hybridized carbons (Fsp3) is 0.870. The minimum Gasteiger partial charge on any atom is -0.779 e. The van der Waals surface area contributed by atoms with Gasteiger partial charge in [-0.3, -0.25) is 10.1 Å². The van der Waals surface area contributed by atoms with Gasteiger partial charge >= 0.3 is 12.2 Å².